The Morgan fingerprint density at radius 2 is 1.85 bits per heavy atom. The van der Waals surface area contributed by atoms with Gasteiger partial charge in [0.25, 0.3) is 0 Å². The maximum absolute atomic E-state index is 4.17. The number of aromatic amines is 1. The lowest BCUT2D eigenvalue weighted by Gasteiger charge is -2.34. The second-order valence-electron chi connectivity index (χ2n) is 6.99. The minimum Gasteiger partial charge on any atom is -0.371 e. The fraction of sp³-hybridized carbons (Fsp3) is 0.333. The number of rotatable bonds is 5. The highest BCUT2D eigenvalue weighted by atomic mass is 15.2. The van der Waals surface area contributed by atoms with Crippen molar-refractivity contribution in [3.63, 3.8) is 0 Å². The highest BCUT2D eigenvalue weighted by Gasteiger charge is 2.19. The Balaban J connectivity index is 1.38. The maximum Gasteiger partial charge on any atom is 0.138 e. The molecule has 1 aliphatic rings. The van der Waals surface area contributed by atoms with E-state index in [1.54, 1.807) is 6.33 Å². The van der Waals surface area contributed by atoms with Crippen LogP contribution in [0.5, 0.6) is 0 Å². The minimum atomic E-state index is 0.538. The van der Waals surface area contributed by atoms with Crippen LogP contribution in [0.1, 0.15) is 24.2 Å². The molecule has 2 N–H and O–H groups in total. The fourth-order valence-electron chi connectivity index (χ4n) is 3.61. The molecule has 0 amide bonds. The third kappa shape index (κ3) is 3.94. The summed E-state index contributed by atoms with van der Waals surface area (Å²) in [4.78, 5) is 6.66. The van der Waals surface area contributed by atoms with E-state index in [0.717, 1.165) is 38.3 Å². The van der Waals surface area contributed by atoms with E-state index in [1.165, 1.54) is 22.4 Å². The number of aryl methyl sites for hydroxylation is 1. The average Bonchev–Trinajstić information content (AvgIpc) is 3.21. The molecule has 134 valence electrons. The van der Waals surface area contributed by atoms with Crippen molar-refractivity contribution in [3.05, 3.63) is 66.2 Å². The molecule has 1 aliphatic heterocycles. The Labute approximate surface area is 154 Å². The number of hydrogen-bond donors (Lipinski definition) is 2. The van der Waals surface area contributed by atoms with Crippen molar-refractivity contribution >= 4 is 5.69 Å². The van der Waals surface area contributed by atoms with Crippen molar-refractivity contribution in [1.82, 2.24) is 20.5 Å². The predicted octanol–water partition coefficient (Wildman–Crippen LogP) is 3.54. The molecule has 1 aromatic heterocycles. The van der Waals surface area contributed by atoms with Gasteiger partial charge in [0.1, 0.15) is 12.2 Å². The number of aromatic nitrogens is 3. The van der Waals surface area contributed by atoms with Gasteiger partial charge >= 0.3 is 0 Å². The summed E-state index contributed by atoms with van der Waals surface area (Å²) >= 11 is 0. The number of nitrogens with zero attached hydrogens (tertiary/aromatic N) is 3. The van der Waals surface area contributed by atoms with Crippen molar-refractivity contribution in [2.24, 2.45) is 0 Å². The van der Waals surface area contributed by atoms with E-state index in [4.69, 9.17) is 0 Å². The molecule has 0 saturated carbocycles. The highest BCUT2D eigenvalue weighted by Crippen LogP contribution is 2.27. The number of anilines is 1. The zero-order valence-corrected chi connectivity index (χ0v) is 15.2. The minimum absolute atomic E-state index is 0.538. The molecular weight excluding hydrogens is 322 g/mol. The van der Waals surface area contributed by atoms with Gasteiger partial charge in [0, 0.05) is 24.8 Å². The van der Waals surface area contributed by atoms with E-state index in [-0.39, 0.29) is 0 Å². The zero-order chi connectivity index (χ0) is 17.8. The third-order valence-corrected chi connectivity index (χ3v) is 5.08. The van der Waals surface area contributed by atoms with Crippen molar-refractivity contribution in [3.8, 4) is 11.1 Å². The molecule has 1 saturated heterocycles. The second kappa shape index (κ2) is 7.70. The molecule has 0 spiro atoms. The number of nitrogens with one attached hydrogen (secondary N) is 2. The van der Waals surface area contributed by atoms with E-state index in [9.17, 15) is 0 Å². The molecule has 2 aromatic carbocycles. The number of benzene rings is 2. The van der Waals surface area contributed by atoms with Gasteiger partial charge < -0.3 is 10.2 Å². The van der Waals surface area contributed by atoms with E-state index >= 15 is 0 Å². The van der Waals surface area contributed by atoms with Crippen molar-refractivity contribution in [2.45, 2.75) is 32.4 Å². The first-order valence-electron chi connectivity index (χ1n) is 9.27. The molecule has 0 radical (unpaired) electrons. The Morgan fingerprint density at radius 1 is 1.08 bits per heavy atom. The van der Waals surface area contributed by atoms with Gasteiger partial charge in [0.05, 0.1) is 6.54 Å². The smallest absolute Gasteiger partial charge is 0.138 e. The number of H-pyrrole nitrogens is 1. The molecule has 0 aliphatic carbocycles. The predicted molar refractivity (Wildman–Crippen MR) is 105 cm³/mol. The largest absolute Gasteiger partial charge is 0.371 e. The standard InChI is InChI=1S/C21H25N5/c1-16-4-2-5-17(12-16)18-6-3-7-20(13-18)26-10-8-19(9-11-26)22-14-21-23-15-24-25-21/h2-7,12-13,15,19,22H,8-11,14H2,1H3,(H,23,24,25). The first kappa shape index (κ1) is 16.8. The summed E-state index contributed by atoms with van der Waals surface area (Å²) in [6.07, 6.45) is 3.84. The molecule has 26 heavy (non-hydrogen) atoms. The second-order valence-corrected chi connectivity index (χ2v) is 6.99. The van der Waals surface area contributed by atoms with Crippen LogP contribution in [-0.4, -0.2) is 34.3 Å². The Kier molecular flexibility index (Phi) is 4.97. The lowest BCUT2D eigenvalue weighted by atomic mass is 10.0. The topological polar surface area (TPSA) is 56.8 Å². The van der Waals surface area contributed by atoms with Crippen LogP contribution in [0, 0.1) is 6.92 Å². The van der Waals surface area contributed by atoms with Gasteiger partial charge in [-0.25, -0.2) is 4.98 Å². The summed E-state index contributed by atoms with van der Waals surface area (Å²) in [5, 5.41) is 10.4. The Hall–Kier alpha value is -2.66. The summed E-state index contributed by atoms with van der Waals surface area (Å²) in [5.74, 6) is 0.901. The van der Waals surface area contributed by atoms with Gasteiger partial charge in [-0.2, -0.15) is 5.10 Å². The quantitative estimate of drug-likeness (QED) is 0.741. The third-order valence-electron chi connectivity index (χ3n) is 5.08. The molecule has 2 heterocycles. The molecule has 5 heteroatoms. The Bertz CT molecular complexity index is 835. The zero-order valence-electron chi connectivity index (χ0n) is 15.2. The SMILES string of the molecule is Cc1cccc(-c2cccc(N3CCC(NCc4ncn[nH]4)CC3)c2)c1. The van der Waals surface area contributed by atoms with Crippen LogP contribution < -0.4 is 10.2 Å². The van der Waals surface area contributed by atoms with E-state index in [2.05, 4.69) is 80.9 Å². The Morgan fingerprint density at radius 3 is 2.58 bits per heavy atom. The van der Waals surface area contributed by atoms with Crippen LogP contribution in [0.2, 0.25) is 0 Å². The molecule has 0 unspecified atom stereocenters. The van der Waals surface area contributed by atoms with Gasteiger partial charge in [-0.15, -0.1) is 0 Å². The lowest BCUT2D eigenvalue weighted by molar-refractivity contribution is 0.410. The van der Waals surface area contributed by atoms with Gasteiger partial charge in [-0.05, 0) is 43.0 Å². The van der Waals surface area contributed by atoms with Crippen molar-refractivity contribution in [1.29, 1.82) is 0 Å². The van der Waals surface area contributed by atoms with Crippen LogP contribution in [-0.2, 0) is 6.54 Å². The molecular formula is C21H25N5. The van der Waals surface area contributed by atoms with Gasteiger partial charge in [0.15, 0.2) is 0 Å². The maximum atomic E-state index is 4.17. The van der Waals surface area contributed by atoms with Crippen molar-refractivity contribution < 1.29 is 0 Å². The first-order valence-corrected chi connectivity index (χ1v) is 9.27. The van der Waals surface area contributed by atoms with E-state index < -0.39 is 0 Å². The summed E-state index contributed by atoms with van der Waals surface area (Å²) < 4.78 is 0. The van der Waals surface area contributed by atoms with Crippen LogP contribution in [0.25, 0.3) is 11.1 Å². The average molecular weight is 347 g/mol. The fourth-order valence-corrected chi connectivity index (χ4v) is 3.61. The van der Waals surface area contributed by atoms with Crippen LogP contribution in [0.15, 0.2) is 54.9 Å². The van der Waals surface area contributed by atoms with Crippen LogP contribution in [0.3, 0.4) is 0 Å². The van der Waals surface area contributed by atoms with Crippen LogP contribution in [0.4, 0.5) is 5.69 Å². The molecule has 4 rings (SSSR count). The monoisotopic (exact) mass is 347 g/mol. The molecule has 5 nitrogen and oxygen atoms in total. The molecule has 3 aromatic rings. The number of piperidine rings is 1. The molecule has 0 atom stereocenters. The van der Waals surface area contributed by atoms with Gasteiger partial charge in [-0.1, -0.05) is 42.0 Å². The van der Waals surface area contributed by atoms with Crippen LogP contribution >= 0.6 is 0 Å². The first-order chi connectivity index (χ1) is 12.8. The summed E-state index contributed by atoms with van der Waals surface area (Å²) in [5.41, 5.74) is 5.19. The summed E-state index contributed by atoms with van der Waals surface area (Å²) in [7, 11) is 0. The summed E-state index contributed by atoms with van der Waals surface area (Å²) in [6.45, 7) is 5.05. The van der Waals surface area contributed by atoms with Crippen molar-refractivity contribution in [2.75, 3.05) is 18.0 Å². The van der Waals surface area contributed by atoms with E-state index in [1.807, 2.05) is 0 Å². The molecule has 0 bridgehead atoms. The summed E-state index contributed by atoms with van der Waals surface area (Å²) in [6, 6.07) is 18.2. The van der Waals surface area contributed by atoms with Gasteiger partial charge in [-0.3, -0.25) is 5.10 Å². The normalized spacial score (nSPS) is 15.3. The molecule has 1 fully saturated rings. The van der Waals surface area contributed by atoms with E-state index in [0.29, 0.717) is 6.04 Å². The van der Waals surface area contributed by atoms with Gasteiger partial charge in [0.2, 0.25) is 0 Å². The highest BCUT2D eigenvalue weighted by molar-refractivity contribution is 5.69. The lowest BCUT2D eigenvalue weighted by Crippen LogP contribution is -2.42. The number of hydrogen-bond acceptors (Lipinski definition) is 4.